The van der Waals surface area contributed by atoms with Crippen molar-refractivity contribution in [2.75, 3.05) is 6.61 Å². The van der Waals surface area contributed by atoms with Crippen LogP contribution >= 0.6 is 11.6 Å². The summed E-state index contributed by atoms with van der Waals surface area (Å²) in [7, 11) is 0. The fraction of sp³-hybridized carbons (Fsp3) is 0.200. The molecular formula is C20H19ClN4O3. The van der Waals surface area contributed by atoms with Gasteiger partial charge in [0.25, 0.3) is 0 Å². The number of carbonyl (C=O) groups is 1. The van der Waals surface area contributed by atoms with Crippen LogP contribution in [0.25, 0.3) is 0 Å². The lowest BCUT2D eigenvalue weighted by Crippen LogP contribution is -2.27. The van der Waals surface area contributed by atoms with E-state index in [1.165, 1.54) is 4.68 Å². The van der Waals surface area contributed by atoms with Crippen molar-refractivity contribution in [1.29, 1.82) is 0 Å². The van der Waals surface area contributed by atoms with Gasteiger partial charge >= 0.3 is 11.7 Å². The molecule has 0 bridgehead atoms. The SMILES string of the molecule is CCOC(=O)Cn1nc(Cc2ccc(Cl)cc2)n(/N=C/c2ccccc2)c1=O. The number of ether oxygens (including phenoxy) is 1. The second kappa shape index (κ2) is 9.14. The normalized spacial score (nSPS) is 11.1. The highest BCUT2D eigenvalue weighted by atomic mass is 35.5. The van der Waals surface area contributed by atoms with Crippen LogP contribution in [0.1, 0.15) is 23.9 Å². The van der Waals surface area contributed by atoms with Crippen LogP contribution in [0.5, 0.6) is 0 Å². The number of esters is 1. The molecular weight excluding hydrogens is 380 g/mol. The van der Waals surface area contributed by atoms with E-state index in [9.17, 15) is 9.59 Å². The summed E-state index contributed by atoms with van der Waals surface area (Å²) in [5, 5.41) is 9.18. The van der Waals surface area contributed by atoms with Crippen LogP contribution in [0, 0.1) is 0 Å². The fourth-order valence-electron chi connectivity index (χ4n) is 2.55. The number of nitrogens with zero attached hydrogens (tertiary/aromatic N) is 4. The molecule has 0 spiro atoms. The smallest absolute Gasteiger partial charge is 0.367 e. The Balaban J connectivity index is 1.95. The molecule has 0 aliphatic heterocycles. The Morgan fingerprint density at radius 3 is 2.57 bits per heavy atom. The first-order chi connectivity index (χ1) is 13.6. The van der Waals surface area contributed by atoms with E-state index < -0.39 is 11.7 Å². The first-order valence-electron chi connectivity index (χ1n) is 8.75. The number of rotatable bonds is 7. The number of hydrogen-bond acceptors (Lipinski definition) is 5. The van der Waals surface area contributed by atoms with Gasteiger partial charge in [-0.1, -0.05) is 54.1 Å². The molecule has 0 N–H and O–H groups in total. The Morgan fingerprint density at radius 1 is 1.18 bits per heavy atom. The zero-order chi connectivity index (χ0) is 19.9. The molecule has 7 nitrogen and oxygen atoms in total. The zero-order valence-corrected chi connectivity index (χ0v) is 16.0. The Hall–Kier alpha value is -3.19. The van der Waals surface area contributed by atoms with Crippen molar-refractivity contribution in [2.24, 2.45) is 5.10 Å². The highest BCUT2D eigenvalue weighted by molar-refractivity contribution is 6.30. The summed E-state index contributed by atoms with van der Waals surface area (Å²) in [6.07, 6.45) is 1.93. The molecule has 0 radical (unpaired) electrons. The minimum atomic E-state index is -0.528. The molecule has 144 valence electrons. The first kappa shape index (κ1) is 19.6. The van der Waals surface area contributed by atoms with E-state index in [1.54, 1.807) is 25.3 Å². The third-order valence-electron chi connectivity index (χ3n) is 3.86. The van der Waals surface area contributed by atoms with Gasteiger partial charge in [-0.15, -0.1) is 0 Å². The summed E-state index contributed by atoms with van der Waals surface area (Å²) in [5.41, 5.74) is 1.24. The van der Waals surface area contributed by atoms with Gasteiger partial charge in [0.05, 0.1) is 12.8 Å². The number of halogens is 1. The van der Waals surface area contributed by atoms with E-state index in [-0.39, 0.29) is 13.2 Å². The van der Waals surface area contributed by atoms with Gasteiger partial charge in [-0.3, -0.25) is 4.79 Å². The molecule has 0 aliphatic carbocycles. The van der Waals surface area contributed by atoms with Crippen molar-refractivity contribution >= 4 is 23.8 Å². The summed E-state index contributed by atoms with van der Waals surface area (Å²) < 4.78 is 7.17. The van der Waals surface area contributed by atoms with Crippen LogP contribution < -0.4 is 5.69 Å². The van der Waals surface area contributed by atoms with Crippen molar-refractivity contribution in [3.05, 3.63) is 87.1 Å². The van der Waals surface area contributed by atoms with E-state index >= 15 is 0 Å². The first-order valence-corrected chi connectivity index (χ1v) is 9.13. The maximum Gasteiger partial charge on any atom is 0.367 e. The molecule has 0 fully saturated rings. The second-order valence-electron chi connectivity index (χ2n) is 5.93. The summed E-state index contributed by atoms with van der Waals surface area (Å²) in [4.78, 5) is 24.5. The number of benzene rings is 2. The van der Waals surface area contributed by atoms with Crippen LogP contribution in [0.4, 0.5) is 0 Å². The number of aromatic nitrogens is 3. The van der Waals surface area contributed by atoms with Gasteiger partial charge in [0.2, 0.25) is 0 Å². The molecule has 1 heterocycles. The van der Waals surface area contributed by atoms with Crippen molar-refractivity contribution in [2.45, 2.75) is 19.9 Å². The predicted molar refractivity (Wildman–Crippen MR) is 107 cm³/mol. The minimum Gasteiger partial charge on any atom is -0.465 e. The van der Waals surface area contributed by atoms with Crippen LogP contribution in [-0.4, -0.2) is 33.2 Å². The Kier molecular flexibility index (Phi) is 6.39. The Morgan fingerprint density at radius 2 is 1.89 bits per heavy atom. The maximum absolute atomic E-state index is 12.7. The molecule has 0 atom stereocenters. The molecule has 3 aromatic rings. The number of hydrogen-bond donors (Lipinski definition) is 0. The van der Waals surface area contributed by atoms with Crippen LogP contribution in [0.3, 0.4) is 0 Å². The summed E-state index contributed by atoms with van der Waals surface area (Å²) in [6.45, 7) is 1.67. The zero-order valence-electron chi connectivity index (χ0n) is 15.3. The maximum atomic E-state index is 12.7. The molecule has 2 aromatic carbocycles. The third kappa shape index (κ3) is 4.95. The van der Waals surface area contributed by atoms with Crippen molar-refractivity contribution in [1.82, 2.24) is 14.5 Å². The van der Waals surface area contributed by atoms with Gasteiger partial charge in [-0.05, 0) is 30.2 Å². The van der Waals surface area contributed by atoms with Crippen LogP contribution in [0.15, 0.2) is 64.5 Å². The fourth-order valence-corrected chi connectivity index (χ4v) is 2.68. The highest BCUT2D eigenvalue weighted by Crippen LogP contribution is 2.12. The monoisotopic (exact) mass is 398 g/mol. The lowest BCUT2D eigenvalue weighted by Gasteiger charge is -2.01. The molecule has 0 saturated carbocycles. The third-order valence-corrected chi connectivity index (χ3v) is 4.12. The van der Waals surface area contributed by atoms with Gasteiger partial charge in [-0.2, -0.15) is 14.9 Å². The topological polar surface area (TPSA) is 78.5 Å². The van der Waals surface area contributed by atoms with E-state index in [2.05, 4.69) is 10.2 Å². The largest absolute Gasteiger partial charge is 0.465 e. The molecule has 0 saturated heterocycles. The van der Waals surface area contributed by atoms with E-state index in [4.69, 9.17) is 16.3 Å². The Bertz CT molecular complexity index is 1020. The van der Waals surface area contributed by atoms with Crippen LogP contribution in [0.2, 0.25) is 5.02 Å². The second-order valence-corrected chi connectivity index (χ2v) is 6.37. The van der Waals surface area contributed by atoms with Crippen molar-refractivity contribution in [3.63, 3.8) is 0 Å². The lowest BCUT2D eigenvalue weighted by molar-refractivity contribution is -0.144. The molecule has 0 aliphatic rings. The van der Waals surface area contributed by atoms with Gasteiger partial charge in [0.1, 0.15) is 6.54 Å². The molecule has 28 heavy (non-hydrogen) atoms. The van der Waals surface area contributed by atoms with Gasteiger partial charge in [-0.25, -0.2) is 9.48 Å². The predicted octanol–water partition coefficient (Wildman–Crippen LogP) is 2.73. The minimum absolute atomic E-state index is 0.234. The molecule has 0 unspecified atom stereocenters. The lowest BCUT2D eigenvalue weighted by atomic mass is 10.1. The summed E-state index contributed by atoms with van der Waals surface area (Å²) >= 11 is 5.93. The number of carbonyl (C=O) groups excluding carboxylic acids is 1. The van der Waals surface area contributed by atoms with Crippen LogP contribution in [-0.2, 0) is 22.5 Å². The molecule has 1 aromatic heterocycles. The van der Waals surface area contributed by atoms with Gasteiger partial charge in [0, 0.05) is 11.4 Å². The standard InChI is InChI=1S/C20H19ClN4O3/c1-2-28-19(26)14-24-20(27)25(22-13-16-6-4-3-5-7-16)18(23-24)12-15-8-10-17(21)11-9-15/h3-11,13H,2,12,14H2,1H3/b22-13+. The van der Waals surface area contributed by atoms with E-state index in [1.807, 2.05) is 42.5 Å². The van der Waals surface area contributed by atoms with E-state index in [0.717, 1.165) is 15.8 Å². The molecule has 8 heteroatoms. The summed E-state index contributed by atoms with van der Waals surface area (Å²) in [6, 6.07) is 16.6. The summed E-state index contributed by atoms with van der Waals surface area (Å²) in [5.74, 6) is -0.122. The van der Waals surface area contributed by atoms with E-state index in [0.29, 0.717) is 17.3 Å². The van der Waals surface area contributed by atoms with Crippen molar-refractivity contribution in [3.8, 4) is 0 Å². The van der Waals surface area contributed by atoms with Gasteiger partial charge < -0.3 is 4.74 Å². The highest BCUT2D eigenvalue weighted by Gasteiger charge is 2.16. The average molecular weight is 399 g/mol. The average Bonchev–Trinajstić information content (AvgIpc) is 2.97. The van der Waals surface area contributed by atoms with Crippen molar-refractivity contribution < 1.29 is 9.53 Å². The Labute approximate surface area is 166 Å². The quantitative estimate of drug-likeness (QED) is 0.453. The molecule has 0 amide bonds. The molecule has 3 rings (SSSR count). The van der Waals surface area contributed by atoms with Gasteiger partial charge in [0.15, 0.2) is 5.82 Å².